The molecular weight excluding hydrogens is 270 g/mol. The van der Waals surface area contributed by atoms with Gasteiger partial charge in [0, 0.05) is 5.56 Å². The van der Waals surface area contributed by atoms with E-state index in [4.69, 9.17) is 0 Å². The van der Waals surface area contributed by atoms with Crippen LogP contribution >= 0.6 is 15.9 Å². The van der Waals surface area contributed by atoms with Gasteiger partial charge in [0.1, 0.15) is 0 Å². The summed E-state index contributed by atoms with van der Waals surface area (Å²) in [7, 11) is 0. The second-order valence-corrected chi connectivity index (χ2v) is 3.88. The van der Waals surface area contributed by atoms with Crippen molar-refractivity contribution in [2.45, 2.75) is 11.3 Å². The molecular formula is C10H7BrF2O2. The van der Waals surface area contributed by atoms with E-state index in [0.29, 0.717) is 0 Å². The van der Waals surface area contributed by atoms with Crippen molar-refractivity contribution in [2.75, 3.05) is 0 Å². The van der Waals surface area contributed by atoms with Gasteiger partial charge in [0.15, 0.2) is 5.78 Å². The molecule has 0 aliphatic rings. The van der Waals surface area contributed by atoms with Gasteiger partial charge in [-0.1, -0.05) is 30.3 Å². The standard InChI is InChI=1S/C10H7BrF2O2/c11-10(12,13)9(15)6-8(14)7-4-2-1-3-5-7/h1-5H,6H2. The smallest absolute Gasteiger partial charge is 0.294 e. The molecule has 0 bridgehead atoms. The summed E-state index contributed by atoms with van der Waals surface area (Å²) in [4.78, 5) is 18.5. The normalized spacial score (nSPS) is 11.1. The van der Waals surface area contributed by atoms with Crippen molar-refractivity contribution in [1.82, 2.24) is 0 Å². The number of rotatable bonds is 4. The lowest BCUT2D eigenvalue weighted by Gasteiger charge is -2.05. The molecule has 0 atom stereocenters. The molecule has 0 spiro atoms. The Morgan fingerprint density at radius 2 is 1.73 bits per heavy atom. The van der Waals surface area contributed by atoms with Gasteiger partial charge in [-0.3, -0.25) is 9.59 Å². The van der Waals surface area contributed by atoms with Crippen LogP contribution < -0.4 is 0 Å². The molecule has 1 aromatic carbocycles. The second kappa shape index (κ2) is 4.61. The first kappa shape index (κ1) is 12.0. The summed E-state index contributed by atoms with van der Waals surface area (Å²) >= 11 is 1.91. The number of halogens is 3. The number of carbonyl (C=O) groups is 2. The molecule has 1 aromatic rings. The highest BCUT2D eigenvalue weighted by Crippen LogP contribution is 2.24. The third-order valence-electron chi connectivity index (χ3n) is 1.73. The van der Waals surface area contributed by atoms with Crippen molar-refractivity contribution < 1.29 is 18.4 Å². The first-order valence-corrected chi connectivity index (χ1v) is 4.89. The van der Waals surface area contributed by atoms with Gasteiger partial charge >= 0.3 is 4.83 Å². The zero-order valence-electron chi connectivity index (χ0n) is 7.54. The Morgan fingerprint density at radius 3 is 2.20 bits per heavy atom. The van der Waals surface area contributed by atoms with E-state index in [1.165, 1.54) is 12.1 Å². The van der Waals surface area contributed by atoms with Crippen LogP contribution in [0.4, 0.5) is 8.78 Å². The number of Topliss-reactive ketones (excluding diaryl/α,β-unsaturated/α-hetero) is 2. The number of ketones is 2. The van der Waals surface area contributed by atoms with Gasteiger partial charge in [-0.25, -0.2) is 0 Å². The highest BCUT2D eigenvalue weighted by Gasteiger charge is 2.35. The van der Waals surface area contributed by atoms with Gasteiger partial charge in [0.05, 0.1) is 6.42 Å². The Balaban J connectivity index is 2.70. The zero-order valence-corrected chi connectivity index (χ0v) is 9.13. The molecule has 0 aliphatic heterocycles. The van der Waals surface area contributed by atoms with Gasteiger partial charge in [0.2, 0.25) is 5.78 Å². The molecule has 1 rings (SSSR count). The SMILES string of the molecule is O=C(CC(=O)C(F)(F)Br)c1ccccc1. The number of carbonyl (C=O) groups excluding carboxylic acids is 2. The van der Waals surface area contributed by atoms with Crippen LogP contribution in [0.15, 0.2) is 30.3 Å². The summed E-state index contributed by atoms with van der Waals surface area (Å²) in [5.74, 6) is -2.05. The van der Waals surface area contributed by atoms with E-state index in [0.717, 1.165) is 0 Å². The van der Waals surface area contributed by atoms with Crippen LogP contribution in [0.2, 0.25) is 0 Å². The van der Waals surface area contributed by atoms with Crippen LogP contribution in [0.25, 0.3) is 0 Å². The summed E-state index contributed by atoms with van der Waals surface area (Å²) in [5.41, 5.74) is 0.252. The largest absolute Gasteiger partial charge is 0.359 e. The Hall–Kier alpha value is -1.10. The number of hydrogen-bond acceptors (Lipinski definition) is 2. The maximum Gasteiger partial charge on any atom is 0.359 e. The Kier molecular flexibility index (Phi) is 3.68. The second-order valence-electron chi connectivity index (χ2n) is 2.89. The molecule has 5 heteroatoms. The van der Waals surface area contributed by atoms with E-state index in [1.807, 2.05) is 15.9 Å². The maximum absolute atomic E-state index is 12.4. The van der Waals surface area contributed by atoms with Gasteiger partial charge in [-0.05, 0) is 15.9 Å². The predicted molar refractivity (Wildman–Crippen MR) is 54.3 cm³/mol. The summed E-state index contributed by atoms with van der Waals surface area (Å²) in [6, 6.07) is 7.84. The van der Waals surface area contributed by atoms with Crippen molar-refractivity contribution in [3.05, 3.63) is 35.9 Å². The van der Waals surface area contributed by atoms with E-state index in [9.17, 15) is 18.4 Å². The van der Waals surface area contributed by atoms with Gasteiger partial charge in [-0.2, -0.15) is 8.78 Å². The summed E-state index contributed by atoms with van der Waals surface area (Å²) in [6.45, 7) is 0. The van der Waals surface area contributed by atoms with E-state index in [1.54, 1.807) is 18.2 Å². The van der Waals surface area contributed by atoms with Crippen molar-refractivity contribution in [3.63, 3.8) is 0 Å². The van der Waals surface area contributed by atoms with Crippen LogP contribution in [0.1, 0.15) is 16.8 Å². The monoisotopic (exact) mass is 276 g/mol. The first-order valence-electron chi connectivity index (χ1n) is 4.09. The van der Waals surface area contributed by atoms with Crippen LogP contribution in [-0.2, 0) is 4.79 Å². The van der Waals surface area contributed by atoms with Crippen molar-refractivity contribution in [1.29, 1.82) is 0 Å². The average molecular weight is 277 g/mol. The Morgan fingerprint density at radius 1 is 1.20 bits per heavy atom. The lowest BCUT2D eigenvalue weighted by Crippen LogP contribution is -2.23. The van der Waals surface area contributed by atoms with Crippen LogP contribution in [0.3, 0.4) is 0 Å². The molecule has 0 fully saturated rings. The van der Waals surface area contributed by atoms with Crippen molar-refractivity contribution in [2.24, 2.45) is 0 Å². The van der Waals surface area contributed by atoms with E-state index >= 15 is 0 Å². The molecule has 2 nitrogen and oxygen atoms in total. The maximum atomic E-state index is 12.4. The first-order chi connectivity index (χ1) is 6.91. The number of alkyl halides is 3. The molecule has 0 radical (unpaired) electrons. The fraction of sp³-hybridized carbons (Fsp3) is 0.200. The highest BCUT2D eigenvalue weighted by molar-refractivity contribution is 9.10. The highest BCUT2D eigenvalue weighted by atomic mass is 79.9. The third-order valence-corrected chi connectivity index (χ3v) is 2.18. The molecule has 0 saturated heterocycles. The van der Waals surface area contributed by atoms with E-state index in [2.05, 4.69) is 0 Å². The minimum Gasteiger partial charge on any atom is -0.294 e. The van der Waals surface area contributed by atoms with Gasteiger partial charge in [0.25, 0.3) is 0 Å². The van der Waals surface area contributed by atoms with Crippen LogP contribution in [0, 0.1) is 0 Å². The lowest BCUT2D eigenvalue weighted by molar-refractivity contribution is -0.130. The fourth-order valence-corrected chi connectivity index (χ4v) is 1.11. The van der Waals surface area contributed by atoms with Crippen molar-refractivity contribution in [3.8, 4) is 0 Å². The number of hydrogen-bond donors (Lipinski definition) is 0. The molecule has 80 valence electrons. The zero-order chi connectivity index (χ0) is 11.5. The van der Waals surface area contributed by atoms with Gasteiger partial charge in [-0.15, -0.1) is 0 Å². The number of benzene rings is 1. The lowest BCUT2D eigenvalue weighted by atomic mass is 10.1. The fourth-order valence-electron chi connectivity index (χ4n) is 0.972. The summed E-state index contributed by atoms with van der Waals surface area (Å²) in [5, 5.41) is 0. The van der Waals surface area contributed by atoms with Gasteiger partial charge < -0.3 is 0 Å². The molecule has 0 aromatic heterocycles. The third kappa shape index (κ3) is 3.51. The quantitative estimate of drug-likeness (QED) is 0.482. The summed E-state index contributed by atoms with van der Waals surface area (Å²) in [6.07, 6.45) is -0.803. The molecule has 0 saturated carbocycles. The van der Waals surface area contributed by atoms with E-state index in [-0.39, 0.29) is 5.56 Å². The molecule has 15 heavy (non-hydrogen) atoms. The minimum absolute atomic E-state index is 0.252. The van der Waals surface area contributed by atoms with Crippen LogP contribution in [0.5, 0.6) is 0 Å². The van der Waals surface area contributed by atoms with Crippen molar-refractivity contribution >= 4 is 27.5 Å². The molecule has 0 amide bonds. The molecule has 0 aliphatic carbocycles. The average Bonchev–Trinajstić information content (AvgIpc) is 2.17. The van der Waals surface area contributed by atoms with E-state index < -0.39 is 22.8 Å². The van der Waals surface area contributed by atoms with Crippen LogP contribution in [-0.4, -0.2) is 16.4 Å². The molecule has 0 unspecified atom stereocenters. The predicted octanol–water partition coefficient (Wildman–Crippen LogP) is 2.82. The minimum atomic E-state index is -3.63. The molecule has 0 N–H and O–H groups in total. The molecule has 0 heterocycles. The summed E-state index contributed by atoms with van der Waals surface area (Å²) < 4.78 is 24.8. The Bertz CT molecular complexity index is 371. The Labute approximate surface area is 93.4 Å². The topological polar surface area (TPSA) is 34.1 Å².